The molecule has 0 atom stereocenters. The number of nitrogen functional groups attached to an aromatic ring is 1. The number of benzene rings is 1. The fourth-order valence-electron chi connectivity index (χ4n) is 2.55. The zero-order valence-electron chi connectivity index (χ0n) is 12.7. The Hall–Kier alpha value is -1.75. The van der Waals surface area contributed by atoms with Crippen LogP contribution < -0.4 is 16.0 Å². The van der Waals surface area contributed by atoms with Gasteiger partial charge in [0.2, 0.25) is 0 Å². The number of carbonyl (C=O) groups is 1. The van der Waals surface area contributed by atoms with Crippen molar-refractivity contribution in [3.05, 3.63) is 23.8 Å². The van der Waals surface area contributed by atoms with Gasteiger partial charge in [0, 0.05) is 37.8 Å². The van der Waals surface area contributed by atoms with Gasteiger partial charge in [-0.25, -0.2) is 0 Å². The number of rotatable bonds is 2. The van der Waals surface area contributed by atoms with Crippen molar-refractivity contribution < 1.29 is 4.79 Å². The number of nitrogens with two attached hydrogens (primary N) is 1. The summed E-state index contributed by atoms with van der Waals surface area (Å²) in [4.78, 5) is 16.4. The number of nitrogens with one attached hydrogen (secondary N) is 1. The van der Waals surface area contributed by atoms with Crippen LogP contribution in [0.15, 0.2) is 18.2 Å². The highest BCUT2D eigenvalue weighted by molar-refractivity contribution is 5.96. The van der Waals surface area contributed by atoms with Gasteiger partial charge < -0.3 is 16.0 Å². The normalized spacial score (nSPS) is 18.9. The lowest BCUT2D eigenvalue weighted by Gasteiger charge is -2.46. The molecule has 20 heavy (non-hydrogen) atoms. The van der Waals surface area contributed by atoms with Crippen molar-refractivity contribution in [2.24, 2.45) is 0 Å². The first-order valence-corrected chi connectivity index (χ1v) is 6.93. The number of likely N-dealkylation sites (N-methyl/N-ethyl adjacent to an activating group) is 1. The summed E-state index contributed by atoms with van der Waals surface area (Å²) in [6.07, 6.45) is 0. The van der Waals surface area contributed by atoms with E-state index in [0.717, 1.165) is 31.0 Å². The Balaban J connectivity index is 2.30. The molecule has 0 saturated carbocycles. The predicted octanol–water partition coefficient (Wildman–Crippen LogP) is 1.16. The first-order chi connectivity index (χ1) is 9.35. The SMILES string of the molecule is CNC(=O)c1ccc(N)c(N2CCN(C)C(C)(C)C2)c1. The van der Waals surface area contributed by atoms with E-state index in [2.05, 4.69) is 36.0 Å². The molecule has 5 heteroatoms. The van der Waals surface area contributed by atoms with Gasteiger partial charge in [-0.2, -0.15) is 0 Å². The molecule has 1 aliphatic rings. The summed E-state index contributed by atoms with van der Waals surface area (Å²) < 4.78 is 0. The van der Waals surface area contributed by atoms with Gasteiger partial charge in [-0.1, -0.05) is 0 Å². The van der Waals surface area contributed by atoms with Crippen LogP contribution >= 0.6 is 0 Å². The molecule has 1 saturated heterocycles. The van der Waals surface area contributed by atoms with Crippen LogP contribution in [0.4, 0.5) is 11.4 Å². The highest BCUT2D eigenvalue weighted by atomic mass is 16.1. The summed E-state index contributed by atoms with van der Waals surface area (Å²) in [5.41, 5.74) is 8.51. The minimum atomic E-state index is -0.0837. The first-order valence-electron chi connectivity index (χ1n) is 6.93. The Morgan fingerprint density at radius 3 is 2.65 bits per heavy atom. The van der Waals surface area contributed by atoms with Crippen LogP contribution in [0.1, 0.15) is 24.2 Å². The highest BCUT2D eigenvalue weighted by Gasteiger charge is 2.31. The van der Waals surface area contributed by atoms with Gasteiger partial charge in [-0.3, -0.25) is 9.69 Å². The van der Waals surface area contributed by atoms with Crippen LogP contribution in [0.5, 0.6) is 0 Å². The molecule has 0 aliphatic carbocycles. The second-order valence-electron chi connectivity index (χ2n) is 6.01. The second kappa shape index (κ2) is 5.32. The van der Waals surface area contributed by atoms with Gasteiger partial charge in [-0.15, -0.1) is 0 Å². The van der Waals surface area contributed by atoms with E-state index in [1.807, 2.05) is 12.1 Å². The monoisotopic (exact) mass is 276 g/mol. The lowest BCUT2D eigenvalue weighted by Crippen LogP contribution is -2.57. The first kappa shape index (κ1) is 14.7. The smallest absolute Gasteiger partial charge is 0.251 e. The highest BCUT2D eigenvalue weighted by Crippen LogP contribution is 2.29. The molecule has 3 N–H and O–H groups in total. The third-order valence-electron chi connectivity index (χ3n) is 4.18. The summed E-state index contributed by atoms with van der Waals surface area (Å²) >= 11 is 0. The van der Waals surface area contributed by atoms with Crippen LogP contribution in [0.2, 0.25) is 0 Å². The van der Waals surface area contributed by atoms with Gasteiger partial charge >= 0.3 is 0 Å². The molecular weight excluding hydrogens is 252 g/mol. The predicted molar refractivity (Wildman–Crippen MR) is 83.2 cm³/mol. The summed E-state index contributed by atoms with van der Waals surface area (Å²) in [6, 6.07) is 5.46. The average Bonchev–Trinajstić information content (AvgIpc) is 2.41. The summed E-state index contributed by atoms with van der Waals surface area (Å²) in [6.45, 7) is 7.23. The van der Waals surface area contributed by atoms with Crippen molar-refractivity contribution in [1.82, 2.24) is 10.2 Å². The molecular formula is C15H24N4O. The topological polar surface area (TPSA) is 61.6 Å². The Kier molecular flexibility index (Phi) is 3.90. The molecule has 0 unspecified atom stereocenters. The number of piperazine rings is 1. The third-order valence-corrected chi connectivity index (χ3v) is 4.18. The van der Waals surface area contributed by atoms with E-state index >= 15 is 0 Å². The Bertz CT molecular complexity index is 513. The van der Waals surface area contributed by atoms with Crippen LogP contribution in [-0.4, -0.2) is 50.1 Å². The van der Waals surface area contributed by atoms with Crippen molar-refractivity contribution >= 4 is 17.3 Å². The molecule has 0 bridgehead atoms. The van der Waals surface area contributed by atoms with Crippen molar-refractivity contribution in [3.63, 3.8) is 0 Å². The van der Waals surface area contributed by atoms with Gasteiger partial charge in [0.05, 0.1) is 11.4 Å². The van der Waals surface area contributed by atoms with Crippen molar-refractivity contribution in [1.29, 1.82) is 0 Å². The number of anilines is 2. The largest absolute Gasteiger partial charge is 0.397 e. The van der Waals surface area contributed by atoms with Crippen molar-refractivity contribution in [3.8, 4) is 0 Å². The van der Waals surface area contributed by atoms with Gasteiger partial charge in [-0.05, 0) is 39.1 Å². The van der Waals surface area contributed by atoms with Crippen molar-refractivity contribution in [2.75, 3.05) is 44.4 Å². The molecule has 1 aromatic rings. The maximum Gasteiger partial charge on any atom is 0.251 e. The summed E-state index contributed by atoms with van der Waals surface area (Å²) in [5, 5.41) is 2.65. The number of hydrogen-bond donors (Lipinski definition) is 2. The molecule has 1 heterocycles. The maximum absolute atomic E-state index is 11.8. The average molecular weight is 276 g/mol. The van der Waals surface area contributed by atoms with E-state index in [1.54, 1.807) is 13.1 Å². The minimum Gasteiger partial charge on any atom is -0.397 e. The second-order valence-corrected chi connectivity index (χ2v) is 6.01. The summed E-state index contributed by atoms with van der Waals surface area (Å²) in [7, 11) is 3.78. The zero-order valence-corrected chi connectivity index (χ0v) is 12.7. The quantitative estimate of drug-likeness (QED) is 0.796. The Labute approximate surface area is 120 Å². The lowest BCUT2D eigenvalue weighted by atomic mass is 9.98. The van der Waals surface area contributed by atoms with Crippen molar-refractivity contribution in [2.45, 2.75) is 19.4 Å². The number of hydrogen-bond acceptors (Lipinski definition) is 4. The molecule has 1 fully saturated rings. The third kappa shape index (κ3) is 2.72. The number of carbonyl (C=O) groups excluding carboxylic acids is 1. The van der Waals surface area contributed by atoms with E-state index in [9.17, 15) is 4.79 Å². The van der Waals surface area contributed by atoms with E-state index in [4.69, 9.17) is 5.73 Å². The van der Waals surface area contributed by atoms with E-state index in [-0.39, 0.29) is 11.4 Å². The molecule has 1 aliphatic heterocycles. The maximum atomic E-state index is 11.8. The standard InChI is InChI=1S/C15H24N4O/c1-15(2)10-19(8-7-18(15)4)13-9-11(14(20)17-3)5-6-12(13)16/h5-6,9H,7-8,10,16H2,1-4H3,(H,17,20). The molecule has 0 radical (unpaired) electrons. The van der Waals surface area contributed by atoms with Gasteiger partial charge in [0.1, 0.15) is 0 Å². The Morgan fingerprint density at radius 1 is 1.35 bits per heavy atom. The summed E-state index contributed by atoms with van der Waals surface area (Å²) in [5.74, 6) is -0.0837. The molecule has 5 nitrogen and oxygen atoms in total. The fourth-order valence-corrected chi connectivity index (χ4v) is 2.55. The lowest BCUT2D eigenvalue weighted by molar-refractivity contribution is 0.0963. The Morgan fingerprint density at radius 2 is 2.05 bits per heavy atom. The molecule has 2 rings (SSSR count). The molecule has 1 aromatic carbocycles. The molecule has 0 spiro atoms. The van der Waals surface area contributed by atoms with E-state index in [1.165, 1.54) is 0 Å². The van der Waals surface area contributed by atoms with E-state index in [0.29, 0.717) is 5.56 Å². The molecule has 0 aromatic heterocycles. The van der Waals surface area contributed by atoms with Crippen LogP contribution in [-0.2, 0) is 0 Å². The fraction of sp³-hybridized carbons (Fsp3) is 0.533. The van der Waals surface area contributed by atoms with E-state index < -0.39 is 0 Å². The van der Waals surface area contributed by atoms with Crippen LogP contribution in [0.3, 0.4) is 0 Å². The molecule has 110 valence electrons. The number of amides is 1. The number of nitrogens with zero attached hydrogens (tertiary/aromatic N) is 2. The minimum absolute atomic E-state index is 0.0837. The van der Waals surface area contributed by atoms with Crippen LogP contribution in [0.25, 0.3) is 0 Å². The van der Waals surface area contributed by atoms with Gasteiger partial charge in [0.15, 0.2) is 0 Å². The zero-order chi connectivity index (χ0) is 14.9. The van der Waals surface area contributed by atoms with Gasteiger partial charge in [0.25, 0.3) is 5.91 Å². The molecule has 1 amide bonds. The van der Waals surface area contributed by atoms with Crippen LogP contribution in [0, 0.1) is 0 Å².